The number of nitrogens with one attached hydrogen (secondary N) is 1. The highest BCUT2D eigenvalue weighted by Gasteiger charge is 2.20. The number of para-hydroxylation sites is 2. The van der Waals surface area contributed by atoms with Gasteiger partial charge in [-0.05, 0) is 18.2 Å². The highest BCUT2D eigenvalue weighted by Crippen LogP contribution is 2.36. The van der Waals surface area contributed by atoms with E-state index in [1.807, 2.05) is 24.3 Å². The fourth-order valence-corrected chi connectivity index (χ4v) is 2.28. The van der Waals surface area contributed by atoms with E-state index < -0.39 is 4.92 Å². The Labute approximate surface area is 123 Å². The number of nitrogens with zero attached hydrogens (tertiary/aromatic N) is 2. The number of aromatic nitrogens is 2. The number of hydrogen-bond donors (Lipinski definition) is 1. The van der Waals surface area contributed by atoms with Crippen molar-refractivity contribution in [1.82, 2.24) is 9.97 Å². The van der Waals surface area contributed by atoms with Crippen LogP contribution in [0.25, 0.3) is 22.4 Å². The molecule has 3 aromatic rings. The van der Waals surface area contributed by atoms with Gasteiger partial charge in [0.05, 0.1) is 31.6 Å². The van der Waals surface area contributed by atoms with E-state index in [-0.39, 0.29) is 15.7 Å². The summed E-state index contributed by atoms with van der Waals surface area (Å²) >= 11 is 11.8. The van der Waals surface area contributed by atoms with Gasteiger partial charge in [-0.1, -0.05) is 35.3 Å². The van der Waals surface area contributed by atoms with Gasteiger partial charge >= 0.3 is 0 Å². The second-order valence-electron chi connectivity index (χ2n) is 4.14. The molecule has 0 unspecified atom stereocenters. The van der Waals surface area contributed by atoms with E-state index in [4.69, 9.17) is 23.2 Å². The van der Waals surface area contributed by atoms with E-state index in [1.54, 1.807) is 0 Å². The molecule has 7 heteroatoms. The van der Waals surface area contributed by atoms with Gasteiger partial charge in [-0.3, -0.25) is 10.1 Å². The zero-order valence-electron chi connectivity index (χ0n) is 9.93. The molecular formula is C13H7Cl2N3O2. The Morgan fingerprint density at radius 1 is 1.15 bits per heavy atom. The molecule has 0 amide bonds. The van der Waals surface area contributed by atoms with Crippen LogP contribution in [0.4, 0.5) is 5.69 Å². The van der Waals surface area contributed by atoms with Gasteiger partial charge in [-0.2, -0.15) is 0 Å². The maximum atomic E-state index is 11.1. The maximum Gasteiger partial charge on any atom is 0.281 e. The van der Waals surface area contributed by atoms with Crippen LogP contribution < -0.4 is 0 Å². The van der Waals surface area contributed by atoms with Crippen molar-refractivity contribution in [2.45, 2.75) is 0 Å². The normalized spacial score (nSPS) is 10.9. The monoisotopic (exact) mass is 307 g/mol. The average Bonchev–Trinajstić information content (AvgIpc) is 2.84. The smallest absolute Gasteiger partial charge is 0.281 e. The molecule has 1 N–H and O–H groups in total. The third-order valence-electron chi connectivity index (χ3n) is 2.88. The van der Waals surface area contributed by atoms with Gasteiger partial charge in [0.1, 0.15) is 5.82 Å². The lowest BCUT2D eigenvalue weighted by molar-refractivity contribution is -0.384. The predicted molar refractivity (Wildman–Crippen MR) is 78.2 cm³/mol. The molecule has 0 aliphatic rings. The Hall–Kier alpha value is -2.11. The molecule has 100 valence electrons. The minimum absolute atomic E-state index is 0.137. The molecule has 0 bridgehead atoms. The summed E-state index contributed by atoms with van der Waals surface area (Å²) in [7, 11) is 0. The molecule has 0 saturated heterocycles. The highest BCUT2D eigenvalue weighted by molar-refractivity contribution is 6.42. The van der Waals surface area contributed by atoms with Crippen LogP contribution in [0.3, 0.4) is 0 Å². The Morgan fingerprint density at radius 3 is 2.55 bits per heavy atom. The number of H-pyrrole nitrogens is 1. The van der Waals surface area contributed by atoms with Crippen LogP contribution in [0.5, 0.6) is 0 Å². The van der Waals surface area contributed by atoms with Crippen molar-refractivity contribution < 1.29 is 4.92 Å². The third kappa shape index (κ3) is 2.11. The first-order valence-corrected chi connectivity index (χ1v) is 6.40. The Bertz CT molecular complexity index is 797. The predicted octanol–water partition coefficient (Wildman–Crippen LogP) is 4.44. The molecule has 1 aromatic heterocycles. The second kappa shape index (κ2) is 4.77. The molecule has 0 aliphatic heterocycles. The van der Waals surface area contributed by atoms with E-state index in [1.165, 1.54) is 12.1 Å². The molecule has 0 spiro atoms. The lowest BCUT2D eigenvalue weighted by Crippen LogP contribution is -1.93. The Kier molecular flexibility index (Phi) is 3.08. The number of aromatic amines is 1. The van der Waals surface area contributed by atoms with Crippen LogP contribution in [0.15, 0.2) is 36.4 Å². The fourth-order valence-electron chi connectivity index (χ4n) is 1.96. The van der Waals surface area contributed by atoms with E-state index in [0.717, 1.165) is 11.0 Å². The summed E-state index contributed by atoms with van der Waals surface area (Å²) in [5, 5.41) is 11.5. The summed E-state index contributed by atoms with van der Waals surface area (Å²) in [5.41, 5.74) is 1.68. The average molecular weight is 308 g/mol. The molecule has 20 heavy (non-hydrogen) atoms. The number of rotatable bonds is 2. The fraction of sp³-hybridized carbons (Fsp3) is 0. The molecule has 1 heterocycles. The summed E-state index contributed by atoms with van der Waals surface area (Å²) in [4.78, 5) is 18.0. The first-order valence-electron chi connectivity index (χ1n) is 5.65. The summed E-state index contributed by atoms with van der Waals surface area (Å²) in [6.45, 7) is 0. The van der Waals surface area contributed by atoms with Crippen molar-refractivity contribution in [2.75, 3.05) is 0 Å². The highest BCUT2D eigenvalue weighted by atomic mass is 35.5. The van der Waals surface area contributed by atoms with Crippen LogP contribution in [0, 0.1) is 10.1 Å². The Morgan fingerprint density at radius 2 is 1.85 bits per heavy atom. The molecule has 0 saturated carbocycles. The first-order chi connectivity index (χ1) is 9.56. The van der Waals surface area contributed by atoms with Crippen molar-refractivity contribution >= 4 is 39.9 Å². The van der Waals surface area contributed by atoms with Gasteiger partial charge < -0.3 is 4.98 Å². The molecule has 0 fully saturated rings. The van der Waals surface area contributed by atoms with Crippen LogP contribution in [0.1, 0.15) is 0 Å². The van der Waals surface area contributed by atoms with E-state index in [2.05, 4.69) is 9.97 Å². The van der Waals surface area contributed by atoms with E-state index >= 15 is 0 Å². The van der Waals surface area contributed by atoms with Gasteiger partial charge in [0, 0.05) is 6.07 Å². The van der Waals surface area contributed by atoms with Crippen molar-refractivity contribution in [3.05, 3.63) is 56.6 Å². The van der Waals surface area contributed by atoms with Crippen LogP contribution in [-0.4, -0.2) is 14.9 Å². The maximum absolute atomic E-state index is 11.1. The summed E-state index contributed by atoms with van der Waals surface area (Å²) < 4.78 is 0. The third-order valence-corrected chi connectivity index (χ3v) is 3.60. The van der Waals surface area contributed by atoms with Gasteiger partial charge in [-0.25, -0.2) is 4.98 Å². The lowest BCUT2D eigenvalue weighted by atomic mass is 10.1. The topological polar surface area (TPSA) is 71.8 Å². The number of hydrogen-bond acceptors (Lipinski definition) is 3. The summed E-state index contributed by atoms with van der Waals surface area (Å²) in [6, 6.07) is 10.0. The molecule has 0 aliphatic carbocycles. The quantitative estimate of drug-likeness (QED) is 0.561. The standard InChI is InChI=1S/C13H7Cl2N3O2/c14-8-5-7(12(18(19)20)6-9(8)15)13-16-10-3-1-2-4-11(10)17-13/h1-6H,(H,16,17). The van der Waals surface area contributed by atoms with E-state index in [0.29, 0.717) is 11.4 Å². The number of imidazole rings is 1. The van der Waals surface area contributed by atoms with E-state index in [9.17, 15) is 10.1 Å². The number of nitro groups is 1. The first kappa shape index (κ1) is 12.9. The summed E-state index contributed by atoms with van der Waals surface area (Å²) in [5.74, 6) is 0.386. The van der Waals surface area contributed by atoms with Crippen LogP contribution in [0.2, 0.25) is 10.0 Å². The van der Waals surface area contributed by atoms with Crippen molar-refractivity contribution in [1.29, 1.82) is 0 Å². The van der Waals surface area contributed by atoms with Crippen molar-refractivity contribution in [3.63, 3.8) is 0 Å². The van der Waals surface area contributed by atoms with Crippen LogP contribution in [-0.2, 0) is 0 Å². The van der Waals surface area contributed by atoms with Gasteiger partial charge in [0.2, 0.25) is 0 Å². The molecule has 3 rings (SSSR count). The Balaban J connectivity index is 2.27. The van der Waals surface area contributed by atoms with Gasteiger partial charge in [0.25, 0.3) is 5.69 Å². The molecule has 5 nitrogen and oxygen atoms in total. The zero-order chi connectivity index (χ0) is 14.3. The molecule has 0 radical (unpaired) electrons. The largest absolute Gasteiger partial charge is 0.338 e. The zero-order valence-corrected chi connectivity index (χ0v) is 11.4. The minimum Gasteiger partial charge on any atom is -0.338 e. The number of nitro benzene ring substituents is 1. The molecular weight excluding hydrogens is 301 g/mol. The minimum atomic E-state index is -0.509. The molecule has 2 aromatic carbocycles. The summed E-state index contributed by atoms with van der Waals surface area (Å²) in [6.07, 6.45) is 0. The van der Waals surface area contributed by atoms with Crippen LogP contribution >= 0.6 is 23.2 Å². The lowest BCUT2D eigenvalue weighted by Gasteiger charge is -2.02. The molecule has 0 atom stereocenters. The van der Waals surface area contributed by atoms with Crippen molar-refractivity contribution in [2.24, 2.45) is 0 Å². The van der Waals surface area contributed by atoms with Crippen molar-refractivity contribution in [3.8, 4) is 11.4 Å². The van der Waals surface area contributed by atoms with Gasteiger partial charge in [-0.15, -0.1) is 0 Å². The SMILES string of the molecule is O=[N+]([O-])c1cc(Cl)c(Cl)cc1-c1nc2ccccc2[nH]1. The number of halogens is 2. The number of benzene rings is 2. The van der Waals surface area contributed by atoms with Gasteiger partial charge in [0.15, 0.2) is 0 Å². The number of fused-ring (bicyclic) bond motifs is 1. The second-order valence-corrected chi connectivity index (χ2v) is 4.96.